The lowest BCUT2D eigenvalue weighted by atomic mass is 9.97. The van der Waals surface area contributed by atoms with Crippen molar-refractivity contribution in [3.8, 4) is 11.5 Å². The highest BCUT2D eigenvalue weighted by Crippen LogP contribution is 2.40. The van der Waals surface area contributed by atoms with Gasteiger partial charge in [0, 0.05) is 63.3 Å². The van der Waals surface area contributed by atoms with Crippen LogP contribution in [0.4, 0.5) is 5.69 Å². The molecule has 0 unspecified atom stereocenters. The van der Waals surface area contributed by atoms with Crippen molar-refractivity contribution in [3.63, 3.8) is 0 Å². The van der Waals surface area contributed by atoms with Crippen LogP contribution in [0.1, 0.15) is 37.3 Å². The van der Waals surface area contributed by atoms with Gasteiger partial charge in [0.15, 0.2) is 11.5 Å². The molecule has 220 valence electrons. The monoisotopic (exact) mass is 646 g/mol. The van der Waals surface area contributed by atoms with Gasteiger partial charge in [-0.15, -0.1) is 0 Å². The molecule has 0 N–H and O–H groups in total. The molecular weight excluding hydrogens is 612 g/mol. The van der Waals surface area contributed by atoms with E-state index in [1.165, 1.54) is 4.31 Å². The fraction of sp³-hybridized carbons (Fsp3) is 0.517. The Balaban J connectivity index is 1.11. The van der Waals surface area contributed by atoms with Gasteiger partial charge in [-0.3, -0.25) is 14.5 Å². The third-order valence-corrected chi connectivity index (χ3v) is 10.8. The van der Waals surface area contributed by atoms with Crippen LogP contribution in [0.25, 0.3) is 0 Å². The Labute approximate surface area is 249 Å². The normalized spacial score (nSPS) is 21.3. The van der Waals surface area contributed by atoms with E-state index in [-0.39, 0.29) is 36.0 Å². The van der Waals surface area contributed by atoms with Gasteiger partial charge in [0.25, 0.3) is 0 Å². The molecular formula is C29H35BrN4O6S. The first-order valence-electron chi connectivity index (χ1n) is 14.3. The van der Waals surface area contributed by atoms with Crippen molar-refractivity contribution >= 4 is 43.5 Å². The second-order valence-corrected chi connectivity index (χ2v) is 13.9. The molecule has 4 heterocycles. The lowest BCUT2D eigenvalue weighted by molar-refractivity contribution is -0.138. The Bertz CT molecular complexity index is 1460. The smallest absolute Gasteiger partial charge is 0.245 e. The fourth-order valence-corrected chi connectivity index (χ4v) is 8.73. The minimum absolute atomic E-state index is 0.0230. The van der Waals surface area contributed by atoms with Gasteiger partial charge in [-0.05, 0) is 54.7 Å². The summed E-state index contributed by atoms with van der Waals surface area (Å²) >= 11 is 3.47. The molecule has 0 aromatic heterocycles. The zero-order valence-corrected chi connectivity index (χ0v) is 25.6. The van der Waals surface area contributed by atoms with Crippen LogP contribution >= 0.6 is 15.9 Å². The Morgan fingerprint density at radius 1 is 1.00 bits per heavy atom. The number of ether oxygens (including phenoxy) is 2. The first-order chi connectivity index (χ1) is 19.7. The third-order valence-electron chi connectivity index (χ3n) is 8.48. The van der Waals surface area contributed by atoms with Crippen molar-refractivity contribution in [2.24, 2.45) is 5.92 Å². The zero-order valence-electron chi connectivity index (χ0n) is 23.2. The van der Waals surface area contributed by atoms with Crippen molar-refractivity contribution in [1.29, 1.82) is 0 Å². The number of piperazine rings is 1. The summed E-state index contributed by atoms with van der Waals surface area (Å²) in [6.07, 6.45) is 2.21. The molecule has 2 fully saturated rings. The van der Waals surface area contributed by atoms with Crippen molar-refractivity contribution in [2.45, 2.75) is 44.0 Å². The van der Waals surface area contributed by atoms with E-state index >= 15 is 0 Å². The van der Waals surface area contributed by atoms with Crippen molar-refractivity contribution in [1.82, 2.24) is 14.1 Å². The molecule has 0 aliphatic carbocycles. The van der Waals surface area contributed by atoms with Gasteiger partial charge in [-0.2, -0.15) is 4.31 Å². The predicted molar refractivity (Wildman–Crippen MR) is 156 cm³/mol. The maximum Gasteiger partial charge on any atom is 0.245 e. The summed E-state index contributed by atoms with van der Waals surface area (Å²) < 4.78 is 41.0. The molecule has 41 heavy (non-hydrogen) atoms. The average molecular weight is 648 g/mol. The lowest BCUT2D eigenvalue weighted by Gasteiger charge is -2.39. The van der Waals surface area contributed by atoms with Crippen LogP contribution in [-0.2, 0) is 32.6 Å². The van der Waals surface area contributed by atoms with Gasteiger partial charge in [0.05, 0.1) is 11.6 Å². The number of anilines is 1. The second-order valence-electron chi connectivity index (χ2n) is 11.1. The van der Waals surface area contributed by atoms with E-state index in [9.17, 15) is 18.0 Å². The molecule has 2 aromatic rings. The molecule has 0 bridgehead atoms. The van der Waals surface area contributed by atoms with E-state index < -0.39 is 10.0 Å². The molecule has 4 aliphatic heterocycles. The number of benzene rings is 2. The van der Waals surface area contributed by atoms with E-state index in [4.69, 9.17) is 9.47 Å². The highest BCUT2D eigenvalue weighted by atomic mass is 79.9. The minimum atomic E-state index is -3.92. The number of sulfonamides is 1. The number of nitrogens with zero attached hydrogens (tertiary/aromatic N) is 4. The fourth-order valence-electron chi connectivity index (χ4n) is 6.29. The number of carbonyl (C=O) groups is 2. The molecule has 2 saturated heterocycles. The SMILES string of the molecule is CCC(=O)N1CCc2cc(Br)cc(S(=O)(=O)N3CCC[C@@H](C(=O)N4CCN(Cc5ccc6c(c5)OCO6)CC4)C3)c21. The highest BCUT2D eigenvalue weighted by molar-refractivity contribution is 9.10. The molecule has 0 radical (unpaired) electrons. The van der Waals surface area contributed by atoms with Gasteiger partial charge >= 0.3 is 0 Å². The summed E-state index contributed by atoms with van der Waals surface area (Å²) in [6, 6.07) is 9.48. The Morgan fingerprint density at radius 2 is 1.78 bits per heavy atom. The van der Waals surface area contributed by atoms with Gasteiger partial charge < -0.3 is 19.3 Å². The lowest BCUT2D eigenvalue weighted by Crippen LogP contribution is -2.52. The van der Waals surface area contributed by atoms with E-state index in [1.54, 1.807) is 17.9 Å². The molecule has 10 nitrogen and oxygen atoms in total. The van der Waals surface area contributed by atoms with Crippen LogP contribution in [0.5, 0.6) is 11.5 Å². The molecule has 6 rings (SSSR count). The molecule has 0 spiro atoms. The Kier molecular flexibility index (Phi) is 8.01. The van der Waals surface area contributed by atoms with E-state index in [0.717, 1.165) is 42.3 Å². The highest BCUT2D eigenvalue weighted by Gasteiger charge is 2.39. The van der Waals surface area contributed by atoms with Crippen molar-refractivity contribution < 1.29 is 27.5 Å². The van der Waals surface area contributed by atoms with Gasteiger partial charge in [0.1, 0.15) is 4.90 Å². The van der Waals surface area contributed by atoms with E-state index in [0.29, 0.717) is 62.0 Å². The maximum absolute atomic E-state index is 14.0. The van der Waals surface area contributed by atoms with Gasteiger partial charge in [0.2, 0.25) is 28.6 Å². The first kappa shape index (κ1) is 28.4. The maximum atomic E-state index is 14.0. The number of amides is 2. The number of fused-ring (bicyclic) bond motifs is 2. The second kappa shape index (κ2) is 11.5. The predicted octanol–water partition coefficient (Wildman–Crippen LogP) is 3.22. The molecule has 2 amide bonds. The topological polar surface area (TPSA) is 99.7 Å². The third kappa shape index (κ3) is 5.59. The molecule has 2 aromatic carbocycles. The van der Waals surface area contributed by atoms with Crippen LogP contribution in [0, 0.1) is 5.92 Å². The summed E-state index contributed by atoms with van der Waals surface area (Å²) in [7, 11) is -3.92. The molecule has 0 saturated carbocycles. The number of halogens is 1. The van der Waals surface area contributed by atoms with Crippen molar-refractivity contribution in [3.05, 3.63) is 45.9 Å². The minimum Gasteiger partial charge on any atom is -0.454 e. The van der Waals surface area contributed by atoms with Gasteiger partial charge in [-0.25, -0.2) is 8.42 Å². The van der Waals surface area contributed by atoms with E-state index in [2.05, 4.69) is 20.8 Å². The summed E-state index contributed by atoms with van der Waals surface area (Å²) in [6.45, 7) is 6.51. The summed E-state index contributed by atoms with van der Waals surface area (Å²) in [5.41, 5.74) is 2.48. The van der Waals surface area contributed by atoms with Gasteiger partial charge in [-0.1, -0.05) is 28.9 Å². The summed E-state index contributed by atoms with van der Waals surface area (Å²) in [5.74, 6) is 1.09. The van der Waals surface area contributed by atoms with Crippen molar-refractivity contribution in [2.75, 3.05) is 57.5 Å². The molecule has 1 atom stereocenters. The number of hydrogen-bond acceptors (Lipinski definition) is 7. The zero-order chi connectivity index (χ0) is 28.7. The number of carbonyl (C=O) groups excluding carboxylic acids is 2. The summed E-state index contributed by atoms with van der Waals surface area (Å²) in [4.78, 5) is 32.2. The number of hydrogen-bond donors (Lipinski definition) is 0. The van der Waals surface area contributed by atoms with Crippen LogP contribution in [-0.4, -0.2) is 86.9 Å². The first-order valence-corrected chi connectivity index (χ1v) is 16.5. The van der Waals surface area contributed by atoms with Crippen LogP contribution in [0.2, 0.25) is 0 Å². The average Bonchev–Trinajstić information content (AvgIpc) is 3.63. The number of rotatable bonds is 6. The Morgan fingerprint density at radius 3 is 2.56 bits per heavy atom. The molecule has 12 heteroatoms. The summed E-state index contributed by atoms with van der Waals surface area (Å²) in [5, 5.41) is 0. The number of piperidine rings is 1. The standard InChI is InChI=1S/C29H35BrN4O6S/c1-2-27(35)34-9-7-21-15-23(30)16-26(28(21)34)41(37,38)33-8-3-4-22(18-33)29(36)32-12-10-31(11-13-32)17-20-5-6-24-25(14-20)40-19-39-24/h5-6,14-16,22H,2-4,7-13,17-19H2,1H3/t22-/m1/s1. The van der Waals surface area contributed by atoms with Crippen LogP contribution < -0.4 is 14.4 Å². The largest absolute Gasteiger partial charge is 0.454 e. The van der Waals surface area contributed by atoms with Crippen LogP contribution in [0.3, 0.4) is 0 Å². The Hall–Kier alpha value is -2.67. The van der Waals surface area contributed by atoms with E-state index in [1.807, 2.05) is 29.2 Å². The quantitative estimate of drug-likeness (QED) is 0.475. The molecule has 4 aliphatic rings. The van der Waals surface area contributed by atoms with Crippen LogP contribution in [0.15, 0.2) is 39.7 Å².